The number of rotatable bonds is 2. The van der Waals surface area contributed by atoms with Crippen molar-refractivity contribution in [1.29, 1.82) is 0 Å². The van der Waals surface area contributed by atoms with E-state index in [0.29, 0.717) is 5.02 Å². The molecule has 0 aliphatic heterocycles. The Kier molecular flexibility index (Phi) is 5.81. The molecule has 6 aromatic carbocycles. The fourth-order valence-electron chi connectivity index (χ4n) is 6.89. The summed E-state index contributed by atoms with van der Waals surface area (Å²) in [5.74, 6) is 0.0472. The average Bonchev–Trinajstić information content (AvgIpc) is 3.32. The SMILES string of the molecule is C.O=C1c2cc(-c3ccccc3)ccc2C2(c3cc(-c4ccccc4)ccc31)c1ccccc1-c1cccc(Cl)c12. The van der Waals surface area contributed by atoms with Crippen LogP contribution in [-0.2, 0) is 5.41 Å². The smallest absolute Gasteiger partial charge is 0.193 e. The fourth-order valence-corrected chi connectivity index (χ4v) is 7.21. The summed E-state index contributed by atoms with van der Waals surface area (Å²) >= 11 is 7.15. The van der Waals surface area contributed by atoms with E-state index >= 15 is 0 Å². The molecule has 0 N–H and O–H groups in total. The van der Waals surface area contributed by atoms with Crippen LogP contribution in [0, 0.1) is 0 Å². The predicted octanol–water partition coefficient (Wildman–Crippen LogP) is 10.2. The van der Waals surface area contributed by atoms with Crippen LogP contribution in [0.1, 0.15) is 45.6 Å². The number of benzene rings is 6. The summed E-state index contributed by atoms with van der Waals surface area (Å²) < 4.78 is 0. The zero-order valence-electron chi connectivity index (χ0n) is 21.6. The largest absolute Gasteiger partial charge is 0.289 e. The summed E-state index contributed by atoms with van der Waals surface area (Å²) in [7, 11) is 0. The van der Waals surface area contributed by atoms with Gasteiger partial charge in [-0.2, -0.15) is 0 Å². The molecule has 41 heavy (non-hydrogen) atoms. The highest BCUT2D eigenvalue weighted by molar-refractivity contribution is 6.32. The topological polar surface area (TPSA) is 17.1 Å². The highest BCUT2D eigenvalue weighted by atomic mass is 35.5. The Morgan fingerprint density at radius 1 is 0.439 bits per heavy atom. The van der Waals surface area contributed by atoms with E-state index in [0.717, 1.165) is 66.8 Å². The number of hydrogen-bond donors (Lipinski definition) is 0. The van der Waals surface area contributed by atoms with Crippen LogP contribution < -0.4 is 0 Å². The minimum Gasteiger partial charge on any atom is -0.289 e. The normalized spacial score (nSPS) is 15.9. The zero-order chi connectivity index (χ0) is 26.8. The van der Waals surface area contributed by atoms with Gasteiger partial charge in [0.25, 0.3) is 0 Å². The third kappa shape index (κ3) is 3.46. The van der Waals surface area contributed by atoms with Crippen molar-refractivity contribution in [2.75, 3.05) is 0 Å². The van der Waals surface area contributed by atoms with Crippen molar-refractivity contribution in [2.24, 2.45) is 0 Å². The van der Waals surface area contributed by atoms with Crippen LogP contribution in [0.3, 0.4) is 0 Å². The van der Waals surface area contributed by atoms with Crippen LogP contribution in [0.4, 0.5) is 0 Å². The molecule has 8 rings (SSSR count). The molecule has 1 unspecified atom stereocenters. The quantitative estimate of drug-likeness (QED) is 0.211. The minimum absolute atomic E-state index is 0. The number of carbonyl (C=O) groups is 1. The van der Waals surface area contributed by atoms with Crippen molar-refractivity contribution < 1.29 is 4.79 Å². The summed E-state index contributed by atoms with van der Waals surface area (Å²) in [4.78, 5) is 14.4. The van der Waals surface area contributed by atoms with E-state index in [-0.39, 0.29) is 13.2 Å². The van der Waals surface area contributed by atoms with Crippen molar-refractivity contribution >= 4 is 17.4 Å². The van der Waals surface area contributed by atoms with Gasteiger partial charge in [0.05, 0.1) is 5.41 Å². The van der Waals surface area contributed by atoms with Gasteiger partial charge < -0.3 is 0 Å². The monoisotopic (exact) mass is 546 g/mol. The Morgan fingerprint density at radius 3 is 1.76 bits per heavy atom. The van der Waals surface area contributed by atoms with Crippen LogP contribution in [0.2, 0.25) is 5.02 Å². The first-order valence-electron chi connectivity index (χ1n) is 13.5. The number of halogens is 1. The zero-order valence-corrected chi connectivity index (χ0v) is 22.3. The summed E-state index contributed by atoms with van der Waals surface area (Å²) in [5, 5.41) is 0.706. The van der Waals surface area contributed by atoms with Gasteiger partial charge in [0.2, 0.25) is 0 Å². The summed E-state index contributed by atoms with van der Waals surface area (Å²) in [6.07, 6.45) is 0. The van der Waals surface area contributed by atoms with Crippen LogP contribution >= 0.6 is 11.6 Å². The fraction of sp³-hybridized carbons (Fsp3) is 0.0513. The van der Waals surface area contributed by atoms with Crippen molar-refractivity contribution in [3.8, 4) is 33.4 Å². The second-order valence-electron chi connectivity index (χ2n) is 10.5. The number of fused-ring (bicyclic) bond motifs is 9. The molecule has 2 heteroatoms. The highest BCUT2D eigenvalue weighted by Gasteiger charge is 2.52. The van der Waals surface area contributed by atoms with Gasteiger partial charge in [-0.05, 0) is 73.8 Å². The molecule has 6 aromatic rings. The molecular formula is C39H27ClO. The van der Waals surface area contributed by atoms with Crippen LogP contribution in [-0.4, -0.2) is 5.78 Å². The van der Waals surface area contributed by atoms with Crippen molar-refractivity contribution in [3.05, 3.63) is 178 Å². The molecule has 1 atom stereocenters. The average molecular weight is 547 g/mol. The van der Waals surface area contributed by atoms with Gasteiger partial charge in [0.15, 0.2) is 5.78 Å². The van der Waals surface area contributed by atoms with E-state index in [1.807, 2.05) is 54.6 Å². The lowest BCUT2D eigenvalue weighted by molar-refractivity contribution is 0.103. The Labute approximate surface area is 245 Å². The summed E-state index contributed by atoms with van der Waals surface area (Å²) in [6, 6.07) is 48.0. The minimum atomic E-state index is -0.719. The standard InChI is InChI=1S/C38H23ClO.CH4/c39-35-17-9-15-29-28-14-7-8-16-32(28)38(36(29)35)33-21-19-26(24-10-3-1-4-11-24)22-31(33)37(40)30-20-18-27(23-34(30)38)25-12-5-2-6-13-25;/h1-23H;1H4. The molecule has 196 valence electrons. The van der Waals surface area contributed by atoms with E-state index < -0.39 is 5.41 Å². The van der Waals surface area contributed by atoms with Crippen molar-refractivity contribution in [1.82, 2.24) is 0 Å². The first-order valence-corrected chi connectivity index (χ1v) is 13.9. The molecule has 0 bridgehead atoms. The van der Waals surface area contributed by atoms with Crippen LogP contribution in [0.15, 0.2) is 140 Å². The molecule has 0 aromatic heterocycles. The molecule has 2 aliphatic rings. The molecular weight excluding hydrogens is 520 g/mol. The third-order valence-electron chi connectivity index (χ3n) is 8.56. The lowest BCUT2D eigenvalue weighted by atomic mass is 9.60. The molecule has 0 saturated heterocycles. The number of carbonyl (C=O) groups excluding carboxylic acids is 1. The van der Waals surface area contributed by atoms with Gasteiger partial charge in [-0.25, -0.2) is 0 Å². The molecule has 1 nitrogen and oxygen atoms in total. The highest BCUT2D eigenvalue weighted by Crippen LogP contribution is 2.61. The van der Waals surface area contributed by atoms with Gasteiger partial charge in [-0.3, -0.25) is 4.79 Å². The van der Waals surface area contributed by atoms with E-state index in [1.165, 1.54) is 0 Å². The van der Waals surface area contributed by atoms with Crippen LogP contribution in [0.5, 0.6) is 0 Å². The lowest BCUT2D eigenvalue weighted by Gasteiger charge is -2.40. The summed E-state index contributed by atoms with van der Waals surface area (Å²) in [6.45, 7) is 0. The molecule has 0 heterocycles. The van der Waals surface area contributed by atoms with E-state index in [2.05, 4.69) is 84.9 Å². The van der Waals surface area contributed by atoms with Crippen molar-refractivity contribution in [2.45, 2.75) is 12.8 Å². The Morgan fingerprint density at radius 2 is 1.02 bits per heavy atom. The Balaban J connectivity index is 0.00000276. The first-order chi connectivity index (χ1) is 19.7. The lowest BCUT2D eigenvalue weighted by Crippen LogP contribution is -2.36. The van der Waals surface area contributed by atoms with Gasteiger partial charge in [-0.15, -0.1) is 0 Å². The molecule has 0 fully saturated rings. The van der Waals surface area contributed by atoms with Gasteiger partial charge in [0, 0.05) is 16.1 Å². The van der Waals surface area contributed by atoms with Gasteiger partial charge in [0.1, 0.15) is 0 Å². The number of hydrogen-bond acceptors (Lipinski definition) is 1. The van der Waals surface area contributed by atoms with Crippen molar-refractivity contribution in [3.63, 3.8) is 0 Å². The summed E-state index contributed by atoms with van der Waals surface area (Å²) in [5.41, 5.74) is 11.5. The van der Waals surface area contributed by atoms with E-state index in [9.17, 15) is 4.79 Å². The second kappa shape index (κ2) is 9.44. The molecule has 0 amide bonds. The molecule has 2 aliphatic carbocycles. The first kappa shape index (κ1) is 25.3. The van der Waals surface area contributed by atoms with Gasteiger partial charge in [-0.1, -0.05) is 140 Å². The third-order valence-corrected chi connectivity index (χ3v) is 8.88. The second-order valence-corrected chi connectivity index (χ2v) is 10.9. The Hall–Kier alpha value is -4.72. The maximum absolute atomic E-state index is 14.4. The number of ketones is 1. The van der Waals surface area contributed by atoms with Gasteiger partial charge >= 0.3 is 0 Å². The maximum atomic E-state index is 14.4. The molecule has 0 radical (unpaired) electrons. The van der Waals surface area contributed by atoms with E-state index in [4.69, 9.17) is 11.6 Å². The predicted molar refractivity (Wildman–Crippen MR) is 170 cm³/mol. The molecule has 0 saturated carbocycles. The Bertz CT molecular complexity index is 1970. The molecule has 1 spiro atoms. The van der Waals surface area contributed by atoms with Crippen LogP contribution in [0.25, 0.3) is 33.4 Å². The maximum Gasteiger partial charge on any atom is 0.193 e. The van der Waals surface area contributed by atoms with E-state index in [1.54, 1.807) is 0 Å².